The van der Waals surface area contributed by atoms with Crippen molar-refractivity contribution in [2.45, 2.75) is 18.4 Å². The summed E-state index contributed by atoms with van der Waals surface area (Å²) in [4.78, 5) is -0.912. The molecule has 0 saturated carbocycles. The van der Waals surface area contributed by atoms with Crippen LogP contribution in [0.15, 0.2) is 41.3 Å². The van der Waals surface area contributed by atoms with Crippen molar-refractivity contribution in [1.82, 2.24) is 0 Å². The van der Waals surface area contributed by atoms with E-state index in [-0.39, 0.29) is 12.4 Å². The van der Waals surface area contributed by atoms with Crippen LogP contribution in [-0.4, -0.2) is 8.42 Å². The van der Waals surface area contributed by atoms with Gasteiger partial charge in [0, 0.05) is 10.7 Å². The highest BCUT2D eigenvalue weighted by Crippen LogP contribution is 2.28. The van der Waals surface area contributed by atoms with Crippen LogP contribution in [0.25, 0.3) is 0 Å². The van der Waals surface area contributed by atoms with Crippen LogP contribution in [0.5, 0.6) is 5.75 Å². The summed E-state index contributed by atoms with van der Waals surface area (Å²) in [6, 6.07) is 9.22. The maximum absolute atomic E-state index is 13.8. The van der Waals surface area contributed by atoms with Crippen LogP contribution in [0.1, 0.15) is 11.1 Å². The Morgan fingerprint density at radius 3 is 2.48 bits per heavy atom. The van der Waals surface area contributed by atoms with E-state index >= 15 is 0 Å². The quantitative estimate of drug-likeness (QED) is 0.800. The molecular weight excluding hydrogens is 322 g/mol. The first-order chi connectivity index (χ1) is 9.79. The fourth-order valence-corrected chi connectivity index (χ4v) is 2.67. The fourth-order valence-electron chi connectivity index (χ4n) is 1.78. The van der Waals surface area contributed by atoms with Gasteiger partial charge in [0.15, 0.2) is 11.6 Å². The molecule has 2 rings (SSSR count). The number of rotatable bonds is 4. The molecule has 0 N–H and O–H groups in total. The zero-order chi connectivity index (χ0) is 15.6. The molecule has 0 spiro atoms. The minimum absolute atomic E-state index is 0.0327. The Bertz CT molecular complexity index is 776. The summed E-state index contributed by atoms with van der Waals surface area (Å²) in [6.45, 7) is 1.93. The van der Waals surface area contributed by atoms with Gasteiger partial charge in [-0.05, 0) is 24.6 Å². The van der Waals surface area contributed by atoms with Crippen LogP contribution in [0.3, 0.4) is 0 Å². The Morgan fingerprint density at radius 1 is 1.14 bits per heavy atom. The van der Waals surface area contributed by atoms with Crippen molar-refractivity contribution >= 4 is 19.7 Å². The molecule has 0 aliphatic rings. The topological polar surface area (TPSA) is 43.4 Å². The van der Waals surface area contributed by atoms with Crippen LogP contribution >= 0.6 is 10.7 Å². The van der Waals surface area contributed by atoms with E-state index in [1.807, 2.05) is 25.1 Å². The zero-order valence-corrected chi connectivity index (χ0v) is 12.5. The van der Waals surface area contributed by atoms with E-state index in [2.05, 4.69) is 0 Å². The summed E-state index contributed by atoms with van der Waals surface area (Å²) in [6.07, 6.45) is 0. The van der Waals surface area contributed by atoms with Crippen molar-refractivity contribution in [2.24, 2.45) is 0 Å². The molecule has 0 saturated heterocycles. The van der Waals surface area contributed by atoms with Crippen LogP contribution in [0.2, 0.25) is 0 Å². The van der Waals surface area contributed by atoms with Crippen LogP contribution < -0.4 is 4.74 Å². The molecule has 0 atom stereocenters. The molecule has 0 amide bonds. The maximum Gasteiger partial charge on any atom is 0.264 e. The van der Waals surface area contributed by atoms with E-state index in [4.69, 9.17) is 15.4 Å². The lowest BCUT2D eigenvalue weighted by molar-refractivity contribution is 0.283. The normalized spacial score (nSPS) is 11.4. The molecule has 0 heterocycles. The summed E-state index contributed by atoms with van der Waals surface area (Å²) in [5.41, 5.74) is 1.79. The molecular formula is C14H11ClF2O3S. The summed E-state index contributed by atoms with van der Waals surface area (Å²) >= 11 is 0. The van der Waals surface area contributed by atoms with E-state index in [0.29, 0.717) is 0 Å². The Labute approximate surface area is 125 Å². The largest absolute Gasteiger partial charge is 0.486 e. The highest BCUT2D eigenvalue weighted by Gasteiger charge is 2.22. The Morgan fingerprint density at radius 2 is 1.86 bits per heavy atom. The van der Waals surface area contributed by atoms with Crippen molar-refractivity contribution in [1.29, 1.82) is 0 Å². The van der Waals surface area contributed by atoms with Crippen molar-refractivity contribution in [3.8, 4) is 5.75 Å². The zero-order valence-electron chi connectivity index (χ0n) is 10.9. The third-order valence-electron chi connectivity index (χ3n) is 2.75. The highest BCUT2D eigenvalue weighted by atomic mass is 35.7. The number of aryl methyl sites for hydroxylation is 1. The molecule has 21 heavy (non-hydrogen) atoms. The summed E-state index contributed by atoms with van der Waals surface area (Å²) < 4.78 is 54.7. The minimum atomic E-state index is -4.34. The molecule has 0 radical (unpaired) electrons. The second-order valence-electron chi connectivity index (χ2n) is 4.41. The van der Waals surface area contributed by atoms with E-state index in [0.717, 1.165) is 23.3 Å². The first-order valence-corrected chi connectivity index (χ1v) is 8.21. The predicted octanol–water partition coefficient (Wildman–Crippen LogP) is 3.78. The first-order valence-electron chi connectivity index (χ1n) is 5.90. The number of hydrogen-bond acceptors (Lipinski definition) is 3. The molecule has 0 aliphatic carbocycles. The van der Waals surface area contributed by atoms with Crippen molar-refractivity contribution in [3.05, 3.63) is 59.2 Å². The van der Waals surface area contributed by atoms with Crippen molar-refractivity contribution < 1.29 is 21.9 Å². The SMILES string of the molecule is Cc1cccc(COc2ccc(S(=O)(=O)Cl)c(F)c2F)c1. The fraction of sp³-hybridized carbons (Fsp3) is 0.143. The minimum Gasteiger partial charge on any atom is -0.486 e. The van der Waals surface area contributed by atoms with E-state index in [9.17, 15) is 17.2 Å². The monoisotopic (exact) mass is 332 g/mol. The lowest BCUT2D eigenvalue weighted by Crippen LogP contribution is -2.03. The van der Waals surface area contributed by atoms with Gasteiger partial charge in [0.25, 0.3) is 9.05 Å². The van der Waals surface area contributed by atoms with Gasteiger partial charge >= 0.3 is 0 Å². The number of halogens is 3. The second-order valence-corrected chi connectivity index (χ2v) is 6.94. The van der Waals surface area contributed by atoms with Crippen molar-refractivity contribution in [2.75, 3.05) is 0 Å². The third-order valence-corrected chi connectivity index (χ3v) is 4.09. The predicted molar refractivity (Wildman–Crippen MR) is 74.9 cm³/mol. The Hall–Kier alpha value is -1.66. The lowest BCUT2D eigenvalue weighted by Gasteiger charge is -2.09. The Kier molecular flexibility index (Phi) is 4.49. The van der Waals surface area contributed by atoms with Gasteiger partial charge in [-0.3, -0.25) is 0 Å². The first kappa shape index (κ1) is 15.7. The molecule has 2 aromatic rings. The molecule has 112 valence electrons. The number of hydrogen-bond donors (Lipinski definition) is 0. The number of benzene rings is 2. The van der Waals surface area contributed by atoms with Crippen LogP contribution in [0.4, 0.5) is 8.78 Å². The van der Waals surface area contributed by atoms with Gasteiger partial charge < -0.3 is 4.74 Å². The van der Waals surface area contributed by atoms with Gasteiger partial charge in [0.05, 0.1) is 0 Å². The smallest absolute Gasteiger partial charge is 0.264 e. The molecule has 7 heteroatoms. The molecule has 0 bridgehead atoms. The highest BCUT2D eigenvalue weighted by molar-refractivity contribution is 8.13. The van der Waals surface area contributed by atoms with Crippen LogP contribution in [-0.2, 0) is 15.7 Å². The average Bonchev–Trinajstić information content (AvgIpc) is 2.39. The lowest BCUT2D eigenvalue weighted by atomic mass is 10.1. The molecule has 0 aliphatic heterocycles. The van der Waals surface area contributed by atoms with Gasteiger partial charge in [-0.2, -0.15) is 4.39 Å². The molecule has 3 nitrogen and oxygen atoms in total. The van der Waals surface area contributed by atoms with E-state index in [1.165, 1.54) is 0 Å². The average molecular weight is 333 g/mol. The second kappa shape index (κ2) is 5.99. The number of ether oxygens (including phenoxy) is 1. The van der Waals surface area contributed by atoms with Gasteiger partial charge in [0.2, 0.25) is 5.82 Å². The van der Waals surface area contributed by atoms with Gasteiger partial charge in [-0.15, -0.1) is 0 Å². The molecule has 0 aromatic heterocycles. The third kappa shape index (κ3) is 3.71. The van der Waals surface area contributed by atoms with Gasteiger partial charge in [-0.1, -0.05) is 29.8 Å². The van der Waals surface area contributed by atoms with Gasteiger partial charge in [0.1, 0.15) is 11.5 Å². The molecule has 0 fully saturated rings. The van der Waals surface area contributed by atoms with Crippen LogP contribution in [0, 0.1) is 18.6 Å². The maximum atomic E-state index is 13.8. The standard InChI is InChI=1S/C14H11ClF2O3S/c1-9-3-2-4-10(7-9)8-20-11-5-6-12(21(15,18)19)14(17)13(11)16/h2-7H,8H2,1H3. The van der Waals surface area contributed by atoms with E-state index in [1.54, 1.807) is 6.07 Å². The molecule has 2 aromatic carbocycles. The summed E-state index contributed by atoms with van der Waals surface area (Å²) in [5.74, 6) is -3.31. The Balaban J connectivity index is 2.24. The summed E-state index contributed by atoms with van der Waals surface area (Å²) in [5, 5.41) is 0. The summed E-state index contributed by atoms with van der Waals surface area (Å²) in [7, 11) is 0.659. The molecule has 0 unspecified atom stereocenters. The van der Waals surface area contributed by atoms with Crippen molar-refractivity contribution in [3.63, 3.8) is 0 Å². The van der Waals surface area contributed by atoms with E-state index < -0.39 is 25.6 Å². The van der Waals surface area contributed by atoms with Gasteiger partial charge in [-0.25, -0.2) is 12.8 Å².